The summed E-state index contributed by atoms with van der Waals surface area (Å²) in [7, 11) is 0. The van der Waals surface area contributed by atoms with Crippen LogP contribution in [0.5, 0.6) is 0 Å². The van der Waals surface area contributed by atoms with Crippen molar-refractivity contribution < 1.29 is 34.7 Å². The Morgan fingerprint density at radius 3 is 2.50 bits per heavy atom. The van der Waals surface area contributed by atoms with Gasteiger partial charge in [0.15, 0.2) is 12.1 Å². The molecular formula is C19H32O7. The maximum Gasteiger partial charge on any atom is 0.186 e. The Balaban J connectivity index is 1.93. The normalized spacial score (nSPS) is 38.8. The molecule has 150 valence electrons. The van der Waals surface area contributed by atoms with E-state index in [1.807, 2.05) is 13.8 Å². The van der Waals surface area contributed by atoms with E-state index in [4.69, 9.17) is 9.47 Å². The molecule has 26 heavy (non-hydrogen) atoms. The summed E-state index contributed by atoms with van der Waals surface area (Å²) in [5, 5.41) is 38.9. The van der Waals surface area contributed by atoms with Crippen LogP contribution in [0.15, 0.2) is 11.6 Å². The summed E-state index contributed by atoms with van der Waals surface area (Å²) in [4.78, 5) is 11.8. The molecule has 2 aliphatic rings. The van der Waals surface area contributed by atoms with Crippen LogP contribution >= 0.6 is 0 Å². The number of carbonyl (C=O) groups is 1. The second-order valence-corrected chi connectivity index (χ2v) is 8.29. The van der Waals surface area contributed by atoms with Crippen LogP contribution in [0.25, 0.3) is 0 Å². The van der Waals surface area contributed by atoms with Gasteiger partial charge >= 0.3 is 0 Å². The van der Waals surface area contributed by atoms with E-state index in [0.717, 1.165) is 12.0 Å². The zero-order valence-electron chi connectivity index (χ0n) is 16.0. The Bertz CT molecular complexity index is 528. The van der Waals surface area contributed by atoms with Gasteiger partial charge in [-0.2, -0.15) is 0 Å². The molecule has 1 saturated heterocycles. The van der Waals surface area contributed by atoms with E-state index in [-0.39, 0.29) is 23.2 Å². The predicted octanol–water partition coefficient (Wildman–Crippen LogP) is 0.533. The van der Waals surface area contributed by atoms with Crippen LogP contribution in [0.1, 0.15) is 47.0 Å². The van der Waals surface area contributed by atoms with Crippen molar-refractivity contribution in [3.63, 3.8) is 0 Å². The minimum atomic E-state index is -1.44. The molecule has 4 N–H and O–H groups in total. The number of hydrogen-bond donors (Lipinski definition) is 4. The monoisotopic (exact) mass is 372 g/mol. The molecule has 0 spiro atoms. The minimum absolute atomic E-state index is 0.112. The first-order valence-corrected chi connectivity index (χ1v) is 9.23. The SMILES string of the molecule is CC1=CC(=O)CC(C)(C)C1CCC(C)O[C@@H]1O[C@H](CO)[C@@H](O)[C@H](O)[C@H]1O. The van der Waals surface area contributed by atoms with E-state index in [2.05, 4.69) is 13.8 Å². The van der Waals surface area contributed by atoms with Gasteiger partial charge in [0.1, 0.15) is 24.4 Å². The molecule has 2 rings (SSSR count). The highest BCUT2D eigenvalue weighted by molar-refractivity contribution is 5.91. The molecule has 1 fully saturated rings. The van der Waals surface area contributed by atoms with Crippen molar-refractivity contribution in [3.05, 3.63) is 11.6 Å². The first-order chi connectivity index (χ1) is 12.1. The fourth-order valence-corrected chi connectivity index (χ4v) is 4.09. The average Bonchev–Trinajstić information content (AvgIpc) is 2.53. The van der Waals surface area contributed by atoms with Gasteiger partial charge in [-0.25, -0.2) is 0 Å². The number of ketones is 1. The topological polar surface area (TPSA) is 116 Å². The molecule has 0 amide bonds. The van der Waals surface area contributed by atoms with Crippen LogP contribution in [0.2, 0.25) is 0 Å². The van der Waals surface area contributed by atoms with Gasteiger partial charge in [-0.1, -0.05) is 19.4 Å². The molecule has 0 bridgehead atoms. The minimum Gasteiger partial charge on any atom is -0.394 e. The predicted molar refractivity (Wildman–Crippen MR) is 94.2 cm³/mol. The molecule has 0 radical (unpaired) electrons. The molecule has 0 aromatic rings. The summed E-state index contributed by atoms with van der Waals surface area (Å²) in [6.07, 6.45) is -2.82. The number of allylic oxidation sites excluding steroid dienone is 2. The highest BCUT2D eigenvalue weighted by Gasteiger charge is 2.44. The summed E-state index contributed by atoms with van der Waals surface area (Å²) < 4.78 is 11.1. The molecule has 7 atom stereocenters. The van der Waals surface area contributed by atoms with Gasteiger partial charge in [-0.05, 0) is 44.1 Å². The van der Waals surface area contributed by atoms with E-state index in [1.165, 1.54) is 0 Å². The quantitative estimate of drug-likeness (QED) is 0.537. The zero-order valence-corrected chi connectivity index (χ0v) is 16.0. The lowest BCUT2D eigenvalue weighted by atomic mass is 9.66. The van der Waals surface area contributed by atoms with Crippen molar-refractivity contribution in [2.45, 2.75) is 83.8 Å². The van der Waals surface area contributed by atoms with E-state index >= 15 is 0 Å². The highest BCUT2D eigenvalue weighted by atomic mass is 16.7. The number of aliphatic hydroxyl groups is 4. The van der Waals surface area contributed by atoms with Crippen molar-refractivity contribution in [3.8, 4) is 0 Å². The molecule has 7 nitrogen and oxygen atoms in total. The van der Waals surface area contributed by atoms with Gasteiger partial charge in [0.2, 0.25) is 0 Å². The highest BCUT2D eigenvalue weighted by Crippen LogP contribution is 2.42. The molecular weight excluding hydrogens is 340 g/mol. The van der Waals surface area contributed by atoms with E-state index in [9.17, 15) is 25.2 Å². The Morgan fingerprint density at radius 2 is 1.92 bits per heavy atom. The maximum absolute atomic E-state index is 11.8. The van der Waals surface area contributed by atoms with Crippen LogP contribution in [-0.4, -0.2) is 69.6 Å². The van der Waals surface area contributed by atoms with Crippen LogP contribution < -0.4 is 0 Å². The van der Waals surface area contributed by atoms with E-state index in [1.54, 1.807) is 6.08 Å². The van der Waals surface area contributed by atoms with E-state index in [0.29, 0.717) is 12.8 Å². The Morgan fingerprint density at radius 1 is 1.27 bits per heavy atom. The summed E-state index contributed by atoms with van der Waals surface area (Å²) in [6, 6.07) is 0. The summed E-state index contributed by atoms with van der Waals surface area (Å²) in [6.45, 7) is 7.53. The summed E-state index contributed by atoms with van der Waals surface area (Å²) in [5.41, 5.74) is 0.963. The van der Waals surface area contributed by atoms with Crippen molar-refractivity contribution in [2.75, 3.05) is 6.61 Å². The number of rotatable bonds is 6. The third-order valence-electron chi connectivity index (χ3n) is 5.59. The molecule has 7 heteroatoms. The van der Waals surface area contributed by atoms with E-state index < -0.39 is 37.3 Å². The first kappa shape index (κ1) is 21.5. The molecule has 1 aliphatic heterocycles. The molecule has 0 aromatic heterocycles. The van der Waals surface area contributed by atoms with Crippen molar-refractivity contribution >= 4 is 5.78 Å². The van der Waals surface area contributed by atoms with Crippen LogP contribution in [0.4, 0.5) is 0 Å². The van der Waals surface area contributed by atoms with Gasteiger partial charge in [-0.15, -0.1) is 0 Å². The number of ether oxygens (including phenoxy) is 2. The van der Waals surface area contributed by atoms with Crippen molar-refractivity contribution in [2.24, 2.45) is 11.3 Å². The van der Waals surface area contributed by atoms with Gasteiger partial charge in [-0.3, -0.25) is 4.79 Å². The lowest BCUT2D eigenvalue weighted by Gasteiger charge is -2.41. The summed E-state index contributed by atoms with van der Waals surface area (Å²) >= 11 is 0. The van der Waals surface area contributed by atoms with Crippen LogP contribution in [0.3, 0.4) is 0 Å². The Hall–Kier alpha value is -0.830. The standard InChI is InChI=1S/C19H32O7/c1-10-7-12(21)8-19(3,4)13(10)6-5-11(2)25-18-17(24)16(23)15(22)14(9-20)26-18/h7,11,13-18,20,22-24H,5-6,8-9H2,1-4H3/t11?,13?,14-,15-,16+,17-,18-/m1/s1. The van der Waals surface area contributed by atoms with Crippen molar-refractivity contribution in [1.82, 2.24) is 0 Å². The maximum atomic E-state index is 11.8. The Labute approximate surface area is 154 Å². The largest absolute Gasteiger partial charge is 0.394 e. The molecule has 1 heterocycles. The Kier molecular flexibility index (Phi) is 6.98. The average molecular weight is 372 g/mol. The van der Waals surface area contributed by atoms with Crippen molar-refractivity contribution in [1.29, 1.82) is 0 Å². The van der Waals surface area contributed by atoms with Crippen LogP contribution in [-0.2, 0) is 14.3 Å². The molecule has 1 aliphatic carbocycles. The number of hydrogen-bond acceptors (Lipinski definition) is 7. The molecule has 0 saturated carbocycles. The van der Waals surface area contributed by atoms with Crippen LogP contribution in [0, 0.1) is 11.3 Å². The number of aliphatic hydroxyl groups excluding tert-OH is 4. The smallest absolute Gasteiger partial charge is 0.186 e. The molecule has 2 unspecified atom stereocenters. The summed E-state index contributed by atoms with van der Waals surface area (Å²) in [5.74, 6) is 0.426. The fourth-order valence-electron chi connectivity index (χ4n) is 4.09. The number of carbonyl (C=O) groups excluding carboxylic acids is 1. The van der Waals surface area contributed by atoms with Gasteiger partial charge in [0.25, 0.3) is 0 Å². The first-order valence-electron chi connectivity index (χ1n) is 9.23. The van der Waals surface area contributed by atoms with Gasteiger partial charge in [0.05, 0.1) is 12.7 Å². The second kappa shape index (κ2) is 8.46. The van der Waals surface area contributed by atoms with Gasteiger partial charge < -0.3 is 29.9 Å². The lowest BCUT2D eigenvalue weighted by Crippen LogP contribution is -2.59. The zero-order chi connectivity index (χ0) is 19.6. The third-order valence-corrected chi connectivity index (χ3v) is 5.59. The molecule has 0 aromatic carbocycles. The lowest BCUT2D eigenvalue weighted by molar-refractivity contribution is -0.310. The second-order valence-electron chi connectivity index (χ2n) is 8.29. The third kappa shape index (κ3) is 4.71. The van der Waals surface area contributed by atoms with Gasteiger partial charge in [0, 0.05) is 6.42 Å². The fraction of sp³-hybridized carbons (Fsp3) is 0.842.